The van der Waals surface area contributed by atoms with E-state index in [1.165, 1.54) is 31.2 Å². The molecule has 3 amide bonds. The summed E-state index contributed by atoms with van der Waals surface area (Å²) in [5.41, 5.74) is 6.30. The second kappa shape index (κ2) is 9.53. The van der Waals surface area contributed by atoms with Gasteiger partial charge in [-0.2, -0.15) is 0 Å². The number of esters is 1. The van der Waals surface area contributed by atoms with Crippen molar-refractivity contribution in [3.8, 4) is 0 Å². The van der Waals surface area contributed by atoms with Gasteiger partial charge in [0.2, 0.25) is 5.91 Å². The van der Waals surface area contributed by atoms with E-state index in [2.05, 4.69) is 10.6 Å². The van der Waals surface area contributed by atoms with Crippen LogP contribution >= 0.6 is 0 Å². The maximum Gasteiger partial charge on any atom is 0.326 e. The van der Waals surface area contributed by atoms with E-state index in [1.807, 2.05) is 30.3 Å². The lowest BCUT2D eigenvalue weighted by atomic mass is 10.1. The molecule has 0 saturated heterocycles. The number of hydrogen-bond donors (Lipinski definition) is 3. The van der Waals surface area contributed by atoms with Crippen LogP contribution in [0.4, 0.5) is 5.69 Å². The van der Waals surface area contributed by atoms with Crippen LogP contribution in [-0.4, -0.2) is 36.3 Å². The van der Waals surface area contributed by atoms with Gasteiger partial charge in [0.15, 0.2) is 6.10 Å². The fourth-order valence-electron chi connectivity index (χ4n) is 2.84. The highest BCUT2D eigenvalue weighted by Gasteiger charge is 2.19. The van der Waals surface area contributed by atoms with E-state index in [0.29, 0.717) is 16.8 Å². The first-order valence-corrected chi connectivity index (χ1v) is 9.50. The Labute approximate surface area is 178 Å². The van der Waals surface area contributed by atoms with Gasteiger partial charge in [-0.15, -0.1) is 0 Å². The molecule has 0 bridgehead atoms. The number of carbonyl (C=O) groups is 4. The lowest BCUT2D eigenvalue weighted by Gasteiger charge is -2.14. The Morgan fingerprint density at radius 2 is 1.55 bits per heavy atom. The van der Waals surface area contributed by atoms with Gasteiger partial charge in [-0.1, -0.05) is 30.3 Å². The Kier molecular flexibility index (Phi) is 6.61. The highest BCUT2D eigenvalue weighted by molar-refractivity contribution is 6.00. The number of carbonyl (C=O) groups excluding carboxylic acids is 4. The second-order valence-electron chi connectivity index (χ2n) is 6.81. The normalized spacial score (nSPS) is 11.4. The Bertz CT molecular complexity index is 1140. The molecule has 0 saturated carbocycles. The third-order valence-corrected chi connectivity index (χ3v) is 4.52. The smallest absolute Gasteiger partial charge is 0.326 e. The van der Waals surface area contributed by atoms with Crippen LogP contribution in [0.15, 0.2) is 66.7 Å². The number of benzene rings is 3. The maximum atomic E-state index is 12.3. The molecule has 8 nitrogen and oxygen atoms in total. The predicted molar refractivity (Wildman–Crippen MR) is 115 cm³/mol. The van der Waals surface area contributed by atoms with Crippen molar-refractivity contribution in [1.82, 2.24) is 5.32 Å². The van der Waals surface area contributed by atoms with Crippen molar-refractivity contribution in [3.05, 3.63) is 77.9 Å². The molecule has 4 N–H and O–H groups in total. The van der Waals surface area contributed by atoms with Crippen LogP contribution in [0.5, 0.6) is 0 Å². The van der Waals surface area contributed by atoms with Gasteiger partial charge < -0.3 is 21.1 Å². The number of nitrogens with one attached hydrogen (secondary N) is 2. The zero-order chi connectivity index (χ0) is 22.4. The fourth-order valence-corrected chi connectivity index (χ4v) is 2.84. The minimum absolute atomic E-state index is 0.305. The summed E-state index contributed by atoms with van der Waals surface area (Å²) >= 11 is 0. The minimum Gasteiger partial charge on any atom is -0.451 e. The fraction of sp³-hybridized carbons (Fsp3) is 0.130. The zero-order valence-electron chi connectivity index (χ0n) is 16.8. The van der Waals surface area contributed by atoms with E-state index in [1.54, 1.807) is 12.1 Å². The van der Waals surface area contributed by atoms with Crippen LogP contribution in [0.3, 0.4) is 0 Å². The van der Waals surface area contributed by atoms with Crippen molar-refractivity contribution in [2.75, 3.05) is 11.9 Å². The summed E-state index contributed by atoms with van der Waals surface area (Å²) in [6.07, 6.45) is -1.08. The van der Waals surface area contributed by atoms with E-state index in [0.717, 1.165) is 10.8 Å². The third kappa shape index (κ3) is 5.66. The van der Waals surface area contributed by atoms with Crippen LogP contribution in [0, 0.1) is 0 Å². The summed E-state index contributed by atoms with van der Waals surface area (Å²) in [6, 6.07) is 18.8. The molecule has 0 heterocycles. The van der Waals surface area contributed by atoms with Crippen LogP contribution in [-0.2, 0) is 14.3 Å². The number of anilines is 1. The van der Waals surface area contributed by atoms with Crippen molar-refractivity contribution in [1.29, 1.82) is 0 Å². The van der Waals surface area contributed by atoms with Gasteiger partial charge in [-0.25, -0.2) is 0 Å². The first-order valence-electron chi connectivity index (χ1n) is 9.50. The lowest BCUT2D eigenvalue weighted by molar-refractivity contribution is -0.152. The number of fused-ring (bicyclic) bond motifs is 1. The molecule has 31 heavy (non-hydrogen) atoms. The molecule has 0 aliphatic rings. The van der Waals surface area contributed by atoms with Crippen molar-refractivity contribution in [2.24, 2.45) is 5.73 Å². The quantitative estimate of drug-likeness (QED) is 0.506. The third-order valence-electron chi connectivity index (χ3n) is 4.52. The SMILES string of the molecule is C[C@H](OC(=O)CNC(=O)c1ccc2ccccc2c1)C(=O)Nc1ccc(C(N)=O)cc1. The molecule has 1 atom stereocenters. The zero-order valence-corrected chi connectivity index (χ0v) is 16.8. The van der Waals surface area contributed by atoms with Crippen LogP contribution < -0.4 is 16.4 Å². The molecule has 0 spiro atoms. The standard InChI is InChI=1S/C23H21N3O5/c1-14(22(29)26-19-10-8-16(9-11-19)21(24)28)31-20(27)13-25-23(30)18-7-6-15-4-2-3-5-17(15)12-18/h2-12,14H,13H2,1H3,(H2,24,28)(H,25,30)(H,26,29)/t14-/m0/s1. The summed E-state index contributed by atoms with van der Waals surface area (Å²) in [5, 5.41) is 6.96. The van der Waals surface area contributed by atoms with Gasteiger partial charge in [-0.05, 0) is 54.1 Å². The van der Waals surface area contributed by atoms with Crippen LogP contribution in [0.1, 0.15) is 27.6 Å². The van der Waals surface area contributed by atoms with E-state index in [9.17, 15) is 19.2 Å². The topological polar surface area (TPSA) is 128 Å². The Morgan fingerprint density at radius 1 is 0.903 bits per heavy atom. The summed E-state index contributed by atoms with van der Waals surface area (Å²) < 4.78 is 5.06. The van der Waals surface area contributed by atoms with Crippen molar-refractivity contribution in [2.45, 2.75) is 13.0 Å². The molecule has 3 aromatic carbocycles. The number of rotatable bonds is 7. The Morgan fingerprint density at radius 3 is 2.23 bits per heavy atom. The first-order chi connectivity index (χ1) is 14.8. The van der Waals surface area contributed by atoms with Crippen molar-refractivity contribution in [3.63, 3.8) is 0 Å². The summed E-state index contributed by atoms with van der Waals surface area (Å²) in [5.74, 6) is -2.30. The molecule has 0 aliphatic heterocycles. The Balaban J connectivity index is 1.49. The number of ether oxygens (including phenoxy) is 1. The molecule has 0 aromatic heterocycles. The van der Waals surface area contributed by atoms with Crippen molar-refractivity contribution < 1.29 is 23.9 Å². The van der Waals surface area contributed by atoms with E-state index in [4.69, 9.17) is 10.5 Å². The summed E-state index contributed by atoms with van der Waals surface area (Å²) in [4.78, 5) is 47.6. The average Bonchev–Trinajstić information content (AvgIpc) is 2.77. The van der Waals surface area contributed by atoms with Crippen LogP contribution in [0.2, 0.25) is 0 Å². The second-order valence-corrected chi connectivity index (χ2v) is 6.81. The monoisotopic (exact) mass is 419 g/mol. The number of primary amides is 1. The summed E-state index contributed by atoms with van der Waals surface area (Å²) in [6.45, 7) is 1.03. The van der Waals surface area contributed by atoms with Gasteiger partial charge in [0, 0.05) is 16.8 Å². The highest BCUT2D eigenvalue weighted by atomic mass is 16.5. The summed E-state index contributed by atoms with van der Waals surface area (Å²) in [7, 11) is 0. The van der Waals surface area contributed by atoms with Crippen molar-refractivity contribution >= 4 is 40.2 Å². The van der Waals surface area contributed by atoms with E-state index in [-0.39, 0.29) is 6.54 Å². The molecule has 3 rings (SSSR count). The number of hydrogen-bond acceptors (Lipinski definition) is 5. The molecular weight excluding hydrogens is 398 g/mol. The number of nitrogens with two attached hydrogens (primary N) is 1. The van der Waals surface area contributed by atoms with Gasteiger partial charge in [0.1, 0.15) is 6.54 Å². The number of amides is 3. The largest absolute Gasteiger partial charge is 0.451 e. The maximum absolute atomic E-state index is 12.3. The molecule has 0 fully saturated rings. The van der Waals surface area contributed by atoms with E-state index < -0.39 is 29.8 Å². The molecule has 8 heteroatoms. The minimum atomic E-state index is -1.08. The molecule has 3 aromatic rings. The van der Waals surface area contributed by atoms with Gasteiger partial charge in [0.25, 0.3) is 11.8 Å². The van der Waals surface area contributed by atoms with Crippen LogP contribution in [0.25, 0.3) is 10.8 Å². The molecule has 158 valence electrons. The van der Waals surface area contributed by atoms with E-state index >= 15 is 0 Å². The van der Waals surface area contributed by atoms with Gasteiger partial charge in [-0.3, -0.25) is 19.2 Å². The first kappa shape index (κ1) is 21.5. The molecule has 0 unspecified atom stereocenters. The average molecular weight is 419 g/mol. The lowest BCUT2D eigenvalue weighted by Crippen LogP contribution is -2.35. The molecule has 0 aliphatic carbocycles. The van der Waals surface area contributed by atoms with Gasteiger partial charge in [0.05, 0.1) is 0 Å². The Hall–Kier alpha value is -4.20. The van der Waals surface area contributed by atoms with Gasteiger partial charge >= 0.3 is 5.97 Å². The molecule has 0 radical (unpaired) electrons. The predicted octanol–water partition coefficient (Wildman–Crippen LogP) is 2.24. The highest BCUT2D eigenvalue weighted by Crippen LogP contribution is 2.15. The molecular formula is C23H21N3O5.